The van der Waals surface area contributed by atoms with Crippen LogP contribution in [-0.4, -0.2) is 47.6 Å². The van der Waals surface area contributed by atoms with Gasteiger partial charge in [-0.25, -0.2) is 0 Å². The number of carbonyl (C=O) groups is 2. The molecule has 6 heteroatoms. The molecule has 0 bridgehead atoms. The zero-order chi connectivity index (χ0) is 12.3. The van der Waals surface area contributed by atoms with Crippen molar-refractivity contribution < 1.29 is 14.7 Å². The maximum Gasteiger partial charge on any atom is 0.311 e. The summed E-state index contributed by atoms with van der Waals surface area (Å²) in [6, 6.07) is -0.167. The van der Waals surface area contributed by atoms with Crippen molar-refractivity contribution in [1.82, 2.24) is 10.6 Å². The number of rotatable bonds is 4. The van der Waals surface area contributed by atoms with Gasteiger partial charge in [0.1, 0.15) is 0 Å². The molecule has 3 N–H and O–H groups in total. The van der Waals surface area contributed by atoms with Gasteiger partial charge in [0.15, 0.2) is 0 Å². The second kappa shape index (κ2) is 5.27. The SMILES string of the molecule is O=C(NCC1(C(=O)O)CCC1)C1CSCCN1. The minimum absolute atomic E-state index is 0.0651. The average Bonchev–Trinajstić information content (AvgIpc) is 2.28. The van der Waals surface area contributed by atoms with Crippen LogP contribution in [0.5, 0.6) is 0 Å². The number of hydrogen-bond donors (Lipinski definition) is 3. The standard InChI is InChI=1S/C11H18N2O3S/c14-9(8-6-17-5-4-12-8)13-7-11(10(15)16)2-1-3-11/h8,12H,1-7H2,(H,13,14)(H,15,16). The Hall–Kier alpha value is -0.750. The Morgan fingerprint density at radius 1 is 1.47 bits per heavy atom. The number of carboxylic acids is 1. The second-order valence-corrected chi connectivity index (χ2v) is 5.89. The van der Waals surface area contributed by atoms with E-state index in [-0.39, 0.29) is 18.5 Å². The number of amides is 1. The van der Waals surface area contributed by atoms with E-state index in [0.29, 0.717) is 12.8 Å². The van der Waals surface area contributed by atoms with Crippen LogP contribution in [-0.2, 0) is 9.59 Å². The van der Waals surface area contributed by atoms with E-state index < -0.39 is 11.4 Å². The molecule has 2 fully saturated rings. The molecule has 2 aliphatic rings. The first-order chi connectivity index (χ1) is 8.14. The van der Waals surface area contributed by atoms with Gasteiger partial charge in [0.05, 0.1) is 11.5 Å². The molecule has 0 aromatic heterocycles. The zero-order valence-corrected chi connectivity index (χ0v) is 10.5. The van der Waals surface area contributed by atoms with Crippen molar-refractivity contribution in [1.29, 1.82) is 0 Å². The molecule has 1 amide bonds. The van der Waals surface area contributed by atoms with E-state index in [9.17, 15) is 9.59 Å². The van der Waals surface area contributed by atoms with Gasteiger partial charge >= 0.3 is 5.97 Å². The van der Waals surface area contributed by atoms with Gasteiger partial charge in [-0.3, -0.25) is 9.59 Å². The highest BCUT2D eigenvalue weighted by Crippen LogP contribution is 2.40. The summed E-state index contributed by atoms with van der Waals surface area (Å²) in [6.07, 6.45) is 2.30. The molecule has 1 aliphatic carbocycles. The van der Waals surface area contributed by atoms with Gasteiger partial charge in [-0.2, -0.15) is 11.8 Å². The van der Waals surface area contributed by atoms with Crippen LogP contribution in [0.4, 0.5) is 0 Å². The maximum atomic E-state index is 11.8. The van der Waals surface area contributed by atoms with Crippen LogP contribution in [0, 0.1) is 5.41 Å². The van der Waals surface area contributed by atoms with E-state index >= 15 is 0 Å². The second-order valence-electron chi connectivity index (χ2n) is 4.74. The molecule has 1 aliphatic heterocycles. The van der Waals surface area contributed by atoms with Crippen LogP contribution in [0.3, 0.4) is 0 Å². The summed E-state index contributed by atoms with van der Waals surface area (Å²) < 4.78 is 0. The van der Waals surface area contributed by atoms with Gasteiger partial charge in [-0.05, 0) is 12.8 Å². The molecule has 0 radical (unpaired) electrons. The number of thioether (sulfide) groups is 1. The number of carbonyl (C=O) groups excluding carboxylic acids is 1. The first-order valence-corrected chi connectivity index (χ1v) is 7.12. The maximum absolute atomic E-state index is 11.8. The third-order valence-corrected chi connectivity index (χ3v) is 4.67. The fourth-order valence-electron chi connectivity index (χ4n) is 2.18. The molecular formula is C11H18N2O3S. The number of aliphatic carboxylic acids is 1. The van der Waals surface area contributed by atoms with Gasteiger partial charge in [-0.1, -0.05) is 6.42 Å². The third-order valence-electron chi connectivity index (χ3n) is 3.60. The monoisotopic (exact) mass is 258 g/mol. The molecule has 1 unspecified atom stereocenters. The lowest BCUT2D eigenvalue weighted by molar-refractivity contribution is -0.154. The van der Waals surface area contributed by atoms with Crippen molar-refractivity contribution in [3.05, 3.63) is 0 Å². The lowest BCUT2D eigenvalue weighted by Gasteiger charge is -2.38. The molecule has 1 atom stereocenters. The van der Waals surface area contributed by atoms with Gasteiger partial charge in [0, 0.05) is 24.6 Å². The molecule has 0 spiro atoms. The van der Waals surface area contributed by atoms with E-state index in [1.54, 1.807) is 11.8 Å². The first kappa shape index (κ1) is 12.7. The molecule has 17 heavy (non-hydrogen) atoms. The van der Waals surface area contributed by atoms with Gasteiger partial charge in [-0.15, -0.1) is 0 Å². The summed E-state index contributed by atoms with van der Waals surface area (Å²) in [6.45, 7) is 1.11. The molecule has 5 nitrogen and oxygen atoms in total. The molecule has 2 rings (SSSR count). The lowest BCUT2D eigenvalue weighted by atomic mass is 9.69. The molecule has 96 valence electrons. The van der Waals surface area contributed by atoms with Crippen LogP contribution < -0.4 is 10.6 Å². The summed E-state index contributed by atoms with van der Waals surface area (Å²) in [5, 5.41) is 15.1. The van der Waals surface area contributed by atoms with Gasteiger partial charge < -0.3 is 15.7 Å². The number of carboxylic acid groups (broad SMARTS) is 1. The number of hydrogen-bond acceptors (Lipinski definition) is 4. The lowest BCUT2D eigenvalue weighted by Crippen LogP contribution is -2.53. The Labute approximate surface area is 105 Å². The van der Waals surface area contributed by atoms with E-state index in [2.05, 4.69) is 10.6 Å². The molecular weight excluding hydrogens is 240 g/mol. The third kappa shape index (κ3) is 2.74. The van der Waals surface area contributed by atoms with Crippen molar-refractivity contribution in [2.75, 3.05) is 24.6 Å². The largest absolute Gasteiger partial charge is 0.481 e. The molecule has 1 saturated heterocycles. The Morgan fingerprint density at radius 2 is 2.24 bits per heavy atom. The predicted molar refractivity (Wildman–Crippen MR) is 66.0 cm³/mol. The van der Waals surface area contributed by atoms with Crippen LogP contribution in [0.25, 0.3) is 0 Å². The topological polar surface area (TPSA) is 78.4 Å². The van der Waals surface area contributed by atoms with E-state index in [0.717, 1.165) is 24.5 Å². The highest BCUT2D eigenvalue weighted by molar-refractivity contribution is 7.99. The van der Waals surface area contributed by atoms with Crippen LogP contribution in [0.1, 0.15) is 19.3 Å². The summed E-state index contributed by atoms with van der Waals surface area (Å²) in [5.74, 6) is 0.953. The molecule has 0 aromatic rings. The van der Waals surface area contributed by atoms with E-state index in [1.165, 1.54) is 0 Å². The summed E-state index contributed by atoms with van der Waals surface area (Å²) in [5.41, 5.74) is -0.697. The number of nitrogens with one attached hydrogen (secondary N) is 2. The Bertz CT molecular complexity index is 312. The Balaban J connectivity index is 1.80. The van der Waals surface area contributed by atoms with Crippen molar-refractivity contribution in [2.24, 2.45) is 5.41 Å². The minimum Gasteiger partial charge on any atom is -0.481 e. The zero-order valence-electron chi connectivity index (χ0n) is 9.70. The van der Waals surface area contributed by atoms with Gasteiger partial charge in [0.25, 0.3) is 0 Å². The van der Waals surface area contributed by atoms with Crippen LogP contribution >= 0.6 is 11.8 Å². The summed E-state index contributed by atoms with van der Waals surface area (Å²) in [7, 11) is 0. The quantitative estimate of drug-likeness (QED) is 0.665. The smallest absolute Gasteiger partial charge is 0.311 e. The highest BCUT2D eigenvalue weighted by Gasteiger charge is 2.44. The predicted octanol–water partition coefficient (Wildman–Crippen LogP) is 0.0625. The van der Waals surface area contributed by atoms with E-state index in [1.807, 2.05) is 0 Å². The van der Waals surface area contributed by atoms with Crippen LogP contribution in [0.2, 0.25) is 0 Å². The normalized spacial score (nSPS) is 26.9. The molecule has 0 aromatic carbocycles. The minimum atomic E-state index is -0.782. The summed E-state index contributed by atoms with van der Waals surface area (Å²) in [4.78, 5) is 22.9. The molecule has 1 heterocycles. The Morgan fingerprint density at radius 3 is 2.71 bits per heavy atom. The molecule has 1 saturated carbocycles. The first-order valence-electron chi connectivity index (χ1n) is 5.96. The fourth-order valence-corrected chi connectivity index (χ4v) is 3.12. The Kier molecular flexibility index (Phi) is 3.93. The fraction of sp³-hybridized carbons (Fsp3) is 0.818. The van der Waals surface area contributed by atoms with Crippen molar-refractivity contribution in [3.63, 3.8) is 0 Å². The average molecular weight is 258 g/mol. The van der Waals surface area contributed by atoms with Crippen molar-refractivity contribution in [3.8, 4) is 0 Å². The van der Waals surface area contributed by atoms with Gasteiger partial charge in [0.2, 0.25) is 5.91 Å². The van der Waals surface area contributed by atoms with Crippen molar-refractivity contribution >= 4 is 23.6 Å². The van der Waals surface area contributed by atoms with Crippen molar-refractivity contribution in [2.45, 2.75) is 25.3 Å². The highest BCUT2D eigenvalue weighted by atomic mass is 32.2. The van der Waals surface area contributed by atoms with Crippen LogP contribution in [0.15, 0.2) is 0 Å². The van der Waals surface area contributed by atoms with E-state index in [4.69, 9.17) is 5.11 Å². The summed E-state index contributed by atoms with van der Waals surface area (Å²) >= 11 is 1.75.